The van der Waals surface area contributed by atoms with Gasteiger partial charge in [-0.25, -0.2) is 0 Å². The number of halogens is 1. The van der Waals surface area contributed by atoms with Gasteiger partial charge in [-0.3, -0.25) is 0 Å². The summed E-state index contributed by atoms with van der Waals surface area (Å²) in [6.45, 7) is 6.10. The van der Waals surface area contributed by atoms with Crippen molar-refractivity contribution in [1.82, 2.24) is 5.32 Å². The van der Waals surface area contributed by atoms with Crippen LogP contribution in [0.2, 0.25) is 5.02 Å². The van der Waals surface area contributed by atoms with Crippen LogP contribution in [-0.2, 0) is 6.54 Å². The standard InChI is InChI=1S/C15H24ClN3OS/c1-4-15(5-2,21-3)10-18-9-12-7-6-11(8-13(12)16)14(17)19-20/h6-8,18,20H,4-5,9-10H2,1-3H3,(H2,17,19). The van der Waals surface area contributed by atoms with Crippen molar-refractivity contribution in [3.63, 3.8) is 0 Å². The van der Waals surface area contributed by atoms with Crippen molar-refractivity contribution in [2.24, 2.45) is 10.9 Å². The molecule has 118 valence electrons. The van der Waals surface area contributed by atoms with E-state index >= 15 is 0 Å². The smallest absolute Gasteiger partial charge is 0.170 e. The fourth-order valence-corrected chi connectivity index (χ4v) is 3.26. The van der Waals surface area contributed by atoms with E-state index in [2.05, 4.69) is 30.6 Å². The number of nitrogens with one attached hydrogen (secondary N) is 1. The molecule has 0 radical (unpaired) electrons. The van der Waals surface area contributed by atoms with Crippen LogP contribution in [0, 0.1) is 0 Å². The molecule has 0 saturated carbocycles. The Kier molecular flexibility index (Phi) is 7.35. The lowest BCUT2D eigenvalue weighted by molar-refractivity contribution is 0.318. The Balaban J connectivity index is 2.68. The van der Waals surface area contributed by atoms with E-state index in [0.717, 1.165) is 24.9 Å². The highest BCUT2D eigenvalue weighted by atomic mass is 35.5. The first kappa shape index (κ1) is 18.1. The van der Waals surface area contributed by atoms with Gasteiger partial charge in [0.25, 0.3) is 0 Å². The van der Waals surface area contributed by atoms with Crippen LogP contribution in [0.25, 0.3) is 0 Å². The van der Waals surface area contributed by atoms with Gasteiger partial charge in [0.2, 0.25) is 0 Å². The SMILES string of the molecule is CCC(CC)(CNCc1ccc(/C(N)=N/O)cc1Cl)SC. The molecule has 0 saturated heterocycles. The third kappa shape index (κ3) is 4.80. The molecule has 0 aliphatic heterocycles. The highest BCUT2D eigenvalue weighted by molar-refractivity contribution is 8.00. The number of amidine groups is 1. The van der Waals surface area contributed by atoms with Crippen molar-refractivity contribution in [2.45, 2.75) is 38.0 Å². The summed E-state index contributed by atoms with van der Waals surface area (Å²) < 4.78 is 0.278. The van der Waals surface area contributed by atoms with Gasteiger partial charge in [0.15, 0.2) is 5.84 Å². The van der Waals surface area contributed by atoms with Crippen molar-refractivity contribution >= 4 is 29.2 Å². The van der Waals surface area contributed by atoms with Crippen molar-refractivity contribution in [1.29, 1.82) is 0 Å². The van der Waals surface area contributed by atoms with E-state index in [4.69, 9.17) is 22.5 Å². The summed E-state index contributed by atoms with van der Waals surface area (Å²) in [7, 11) is 0. The number of nitrogens with zero attached hydrogens (tertiary/aromatic N) is 1. The van der Waals surface area contributed by atoms with Gasteiger partial charge in [-0.2, -0.15) is 11.8 Å². The monoisotopic (exact) mass is 329 g/mol. The summed E-state index contributed by atoms with van der Waals surface area (Å²) in [6.07, 6.45) is 4.43. The maximum atomic E-state index is 8.67. The molecule has 1 aromatic carbocycles. The zero-order valence-electron chi connectivity index (χ0n) is 12.8. The molecule has 0 heterocycles. The second-order valence-electron chi connectivity index (χ2n) is 4.99. The molecule has 4 N–H and O–H groups in total. The summed E-state index contributed by atoms with van der Waals surface area (Å²) in [5.74, 6) is 0.0646. The first-order valence-corrected chi connectivity index (χ1v) is 8.64. The fraction of sp³-hybridized carbons (Fsp3) is 0.533. The van der Waals surface area contributed by atoms with Gasteiger partial charge in [-0.05, 0) is 30.7 Å². The first-order valence-electron chi connectivity index (χ1n) is 7.04. The Morgan fingerprint density at radius 1 is 1.43 bits per heavy atom. The van der Waals surface area contributed by atoms with Crippen LogP contribution >= 0.6 is 23.4 Å². The molecule has 0 spiro atoms. The normalized spacial score (nSPS) is 12.7. The lowest BCUT2D eigenvalue weighted by atomic mass is 10.0. The maximum absolute atomic E-state index is 8.67. The summed E-state index contributed by atoms with van der Waals surface area (Å²) in [5.41, 5.74) is 7.17. The second kappa shape index (κ2) is 8.51. The number of hydrogen-bond acceptors (Lipinski definition) is 4. The Hall–Kier alpha value is -0.910. The molecule has 1 aromatic rings. The molecule has 0 aliphatic rings. The number of rotatable bonds is 8. The van der Waals surface area contributed by atoms with Crippen LogP contribution in [0.15, 0.2) is 23.4 Å². The number of nitrogens with two attached hydrogens (primary N) is 1. The molecule has 1 rings (SSSR count). The highest BCUT2D eigenvalue weighted by Gasteiger charge is 2.24. The van der Waals surface area contributed by atoms with E-state index in [-0.39, 0.29) is 10.6 Å². The molecule has 0 unspecified atom stereocenters. The number of hydrogen-bond donors (Lipinski definition) is 3. The van der Waals surface area contributed by atoms with Crippen LogP contribution in [0.1, 0.15) is 37.8 Å². The van der Waals surface area contributed by atoms with Crippen LogP contribution < -0.4 is 11.1 Å². The molecule has 0 aliphatic carbocycles. The zero-order valence-corrected chi connectivity index (χ0v) is 14.4. The van der Waals surface area contributed by atoms with Crippen LogP contribution in [0.4, 0.5) is 0 Å². The molecule has 0 fully saturated rings. The molecule has 4 nitrogen and oxygen atoms in total. The van der Waals surface area contributed by atoms with Gasteiger partial charge in [0.1, 0.15) is 0 Å². The maximum Gasteiger partial charge on any atom is 0.170 e. The lowest BCUT2D eigenvalue weighted by Gasteiger charge is -2.30. The fourth-order valence-electron chi connectivity index (χ4n) is 2.19. The van der Waals surface area contributed by atoms with Crippen molar-refractivity contribution in [3.8, 4) is 0 Å². The van der Waals surface area contributed by atoms with Gasteiger partial charge in [-0.15, -0.1) is 0 Å². The third-order valence-electron chi connectivity index (χ3n) is 3.94. The first-order chi connectivity index (χ1) is 10.0. The van der Waals surface area contributed by atoms with Crippen molar-refractivity contribution < 1.29 is 5.21 Å². The molecular weight excluding hydrogens is 306 g/mol. The van der Waals surface area contributed by atoms with Gasteiger partial charge < -0.3 is 16.3 Å². The highest BCUT2D eigenvalue weighted by Crippen LogP contribution is 2.29. The number of thioether (sulfide) groups is 1. The molecule has 0 amide bonds. The van der Waals surface area contributed by atoms with E-state index < -0.39 is 0 Å². The predicted octanol–water partition coefficient (Wildman–Crippen LogP) is 3.45. The minimum absolute atomic E-state index is 0.0646. The summed E-state index contributed by atoms with van der Waals surface area (Å²) >= 11 is 8.16. The minimum atomic E-state index is 0.0646. The molecule has 0 bridgehead atoms. The summed E-state index contributed by atoms with van der Waals surface area (Å²) in [4.78, 5) is 0. The van der Waals surface area contributed by atoms with Gasteiger partial charge in [0, 0.05) is 28.4 Å². The van der Waals surface area contributed by atoms with Gasteiger partial charge in [-0.1, -0.05) is 42.7 Å². The molecular formula is C15H24ClN3OS. The molecule has 6 heteroatoms. The van der Waals surface area contributed by atoms with Crippen LogP contribution in [0.5, 0.6) is 0 Å². The molecule has 21 heavy (non-hydrogen) atoms. The van der Waals surface area contributed by atoms with Crippen LogP contribution in [-0.4, -0.2) is 28.6 Å². The average Bonchev–Trinajstić information content (AvgIpc) is 2.52. The van der Waals surface area contributed by atoms with E-state index in [1.165, 1.54) is 0 Å². The van der Waals surface area contributed by atoms with Gasteiger partial charge >= 0.3 is 0 Å². The minimum Gasteiger partial charge on any atom is -0.409 e. The number of oxime groups is 1. The number of benzene rings is 1. The van der Waals surface area contributed by atoms with E-state index in [0.29, 0.717) is 17.1 Å². The summed E-state index contributed by atoms with van der Waals surface area (Å²) in [6, 6.07) is 5.43. The lowest BCUT2D eigenvalue weighted by Crippen LogP contribution is -2.36. The Labute approximate surface area is 136 Å². The van der Waals surface area contributed by atoms with E-state index in [1.807, 2.05) is 17.8 Å². The Morgan fingerprint density at radius 3 is 2.57 bits per heavy atom. The van der Waals surface area contributed by atoms with E-state index in [1.54, 1.807) is 12.1 Å². The predicted molar refractivity (Wildman–Crippen MR) is 92.5 cm³/mol. The van der Waals surface area contributed by atoms with Crippen molar-refractivity contribution in [2.75, 3.05) is 12.8 Å². The van der Waals surface area contributed by atoms with Gasteiger partial charge in [0.05, 0.1) is 0 Å². The Bertz CT molecular complexity index is 482. The third-order valence-corrected chi connectivity index (χ3v) is 5.88. The molecule has 0 aromatic heterocycles. The average molecular weight is 330 g/mol. The van der Waals surface area contributed by atoms with Crippen molar-refractivity contribution in [3.05, 3.63) is 34.3 Å². The second-order valence-corrected chi connectivity index (χ2v) is 6.67. The zero-order chi connectivity index (χ0) is 15.9. The van der Waals surface area contributed by atoms with Crippen LogP contribution in [0.3, 0.4) is 0 Å². The van der Waals surface area contributed by atoms with E-state index in [9.17, 15) is 0 Å². The summed E-state index contributed by atoms with van der Waals surface area (Å²) in [5, 5.41) is 15.7. The molecule has 0 atom stereocenters. The Morgan fingerprint density at radius 2 is 2.10 bits per heavy atom. The largest absolute Gasteiger partial charge is 0.409 e. The topological polar surface area (TPSA) is 70.6 Å². The quantitative estimate of drug-likeness (QED) is 0.296.